The van der Waals surface area contributed by atoms with Gasteiger partial charge in [-0.1, -0.05) is 24.0 Å². The van der Waals surface area contributed by atoms with Gasteiger partial charge in [0.1, 0.15) is 17.2 Å². The lowest BCUT2D eigenvalue weighted by molar-refractivity contribution is -0.113. The van der Waals surface area contributed by atoms with Crippen molar-refractivity contribution in [2.45, 2.75) is 12.5 Å². The number of hydrogen-bond acceptors (Lipinski definition) is 5. The van der Waals surface area contributed by atoms with Crippen LogP contribution in [-0.4, -0.2) is 37.0 Å². The summed E-state index contributed by atoms with van der Waals surface area (Å²) in [4.78, 5) is 16.1. The number of rotatable bonds is 2. The fourth-order valence-electron chi connectivity index (χ4n) is 3.79. The zero-order valence-corrected chi connectivity index (χ0v) is 15.9. The van der Waals surface area contributed by atoms with Crippen molar-refractivity contribution in [1.82, 2.24) is 9.71 Å². The number of aromatic hydroxyl groups is 1. The minimum absolute atomic E-state index is 0.118. The lowest BCUT2D eigenvalue weighted by atomic mass is 9.96. The number of aliphatic hydroxyl groups excluding tert-OH is 1. The van der Waals surface area contributed by atoms with Crippen molar-refractivity contribution in [2.75, 3.05) is 0 Å². The summed E-state index contributed by atoms with van der Waals surface area (Å²) in [7, 11) is 0. The Balaban J connectivity index is 1.42. The number of carbonyl (C=O) groups is 1. The Morgan fingerprint density at radius 3 is 2.20 bits per heavy atom. The van der Waals surface area contributed by atoms with Gasteiger partial charge < -0.3 is 15.4 Å². The number of aliphatic hydroxyl groups is 1. The average molecular weight is 398 g/mol. The van der Waals surface area contributed by atoms with Crippen LogP contribution in [-0.2, 0) is 4.79 Å². The Kier molecular flexibility index (Phi) is 4.19. The van der Waals surface area contributed by atoms with E-state index in [-0.39, 0.29) is 23.4 Å². The fraction of sp³-hybridized carbons (Fsp3) is 0.167. The van der Waals surface area contributed by atoms with Gasteiger partial charge in [0.25, 0.3) is 0 Å². The summed E-state index contributed by atoms with van der Waals surface area (Å²) in [6, 6.07) is 14.1. The Labute approximate surface area is 172 Å². The first kappa shape index (κ1) is 18.2. The summed E-state index contributed by atoms with van der Waals surface area (Å²) in [5.41, 5.74) is 2.35. The number of aromatic nitrogens is 2. The van der Waals surface area contributed by atoms with Crippen LogP contribution in [0.5, 0.6) is 5.75 Å². The monoisotopic (exact) mass is 398 g/mol. The second-order valence-electron chi connectivity index (χ2n) is 7.54. The molecule has 2 aromatic carbocycles. The first-order chi connectivity index (χ1) is 14.5. The van der Waals surface area contributed by atoms with Gasteiger partial charge in [0.05, 0.1) is 11.3 Å². The van der Waals surface area contributed by atoms with Crippen molar-refractivity contribution in [2.24, 2.45) is 11.8 Å². The van der Waals surface area contributed by atoms with Crippen LogP contribution in [0.4, 0.5) is 0 Å². The van der Waals surface area contributed by atoms with E-state index >= 15 is 0 Å². The lowest BCUT2D eigenvalue weighted by Crippen LogP contribution is -2.33. The first-order valence-electron chi connectivity index (χ1n) is 9.64. The molecule has 6 heteroatoms. The number of hydrogen-bond donors (Lipinski definition) is 3. The summed E-state index contributed by atoms with van der Waals surface area (Å²) in [5.74, 6) is 6.09. The molecule has 1 aromatic heterocycles. The SMILES string of the molecule is O=C1C(O)C1C1C=c2c(nc(-c3ccc(C#Cc4ccc(O)cc4)cc3)n2O)=CC1. The molecule has 6 nitrogen and oxygen atoms in total. The van der Waals surface area contributed by atoms with Crippen molar-refractivity contribution in [3.63, 3.8) is 0 Å². The van der Waals surface area contributed by atoms with Crippen LogP contribution < -0.4 is 10.7 Å². The largest absolute Gasteiger partial charge is 0.508 e. The number of Topliss-reactive ketones (excluding diaryl/α,β-unsaturated/α-hetero) is 1. The number of ketones is 1. The van der Waals surface area contributed by atoms with Crippen molar-refractivity contribution in [3.8, 4) is 29.0 Å². The van der Waals surface area contributed by atoms with Gasteiger partial charge >= 0.3 is 0 Å². The normalized spacial score (nSPS) is 21.6. The summed E-state index contributed by atoms with van der Waals surface area (Å²) in [5, 5.41) is 30.8. The number of carbonyl (C=O) groups excluding carboxylic acids is 1. The Bertz CT molecular complexity index is 1330. The van der Waals surface area contributed by atoms with Gasteiger partial charge in [-0.15, -0.1) is 0 Å². The van der Waals surface area contributed by atoms with E-state index in [0.29, 0.717) is 22.9 Å². The molecule has 0 radical (unpaired) electrons. The predicted molar refractivity (Wildman–Crippen MR) is 110 cm³/mol. The highest BCUT2D eigenvalue weighted by Gasteiger charge is 2.52. The molecule has 3 unspecified atom stereocenters. The first-order valence-corrected chi connectivity index (χ1v) is 9.64. The van der Waals surface area contributed by atoms with E-state index in [1.54, 1.807) is 24.3 Å². The summed E-state index contributed by atoms with van der Waals surface area (Å²) in [6.45, 7) is 0. The van der Waals surface area contributed by atoms with Gasteiger partial charge in [-0.2, -0.15) is 4.73 Å². The van der Waals surface area contributed by atoms with E-state index in [4.69, 9.17) is 0 Å². The highest BCUT2D eigenvalue weighted by molar-refractivity contribution is 6.02. The van der Waals surface area contributed by atoms with Crippen LogP contribution in [0.25, 0.3) is 23.5 Å². The third-order valence-electron chi connectivity index (χ3n) is 5.55. The second-order valence-corrected chi connectivity index (χ2v) is 7.54. The number of phenolic OH excluding ortho intramolecular Hbond substituents is 1. The van der Waals surface area contributed by atoms with Crippen molar-refractivity contribution < 1.29 is 20.2 Å². The van der Waals surface area contributed by atoms with Crippen LogP contribution in [0.1, 0.15) is 17.5 Å². The maximum atomic E-state index is 11.5. The third kappa shape index (κ3) is 3.15. The molecule has 3 N–H and O–H groups in total. The van der Waals surface area contributed by atoms with Crippen LogP contribution in [0.2, 0.25) is 0 Å². The van der Waals surface area contributed by atoms with E-state index in [9.17, 15) is 20.2 Å². The maximum absolute atomic E-state index is 11.5. The predicted octanol–water partition coefficient (Wildman–Crippen LogP) is 1.03. The summed E-state index contributed by atoms with van der Waals surface area (Å²) < 4.78 is 1.04. The molecule has 0 saturated heterocycles. The number of imidazole rings is 1. The number of benzene rings is 2. The zero-order chi connectivity index (χ0) is 20.8. The number of fused-ring (bicyclic) bond motifs is 1. The Morgan fingerprint density at radius 2 is 1.60 bits per heavy atom. The van der Waals surface area contributed by atoms with E-state index in [1.807, 2.05) is 36.4 Å². The molecular formula is C24H18N2O4. The smallest absolute Gasteiger partial charge is 0.176 e. The van der Waals surface area contributed by atoms with Crippen molar-refractivity contribution >= 4 is 17.9 Å². The molecule has 2 aliphatic rings. The Morgan fingerprint density at radius 1 is 1.00 bits per heavy atom. The molecule has 2 aliphatic carbocycles. The molecule has 30 heavy (non-hydrogen) atoms. The molecule has 148 valence electrons. The minimum atomic E-state index is -0.883. The minimum Gasteiger partial charge on any atom is -0.508 e. The van der Waals surface area contributed by atoms with Gasteiger partial charge in [-0.3, -0.25) is 4.79 Å². The lowest BCUT2D eigenvalue weighted by Gasteiger charge is -2.09. The third-order valence-corrected chi connectivity index (χ3v) is 5.55. The van der Waals surface area contributed by atoms with Crippen LogP contribution in [0, 0.1) is 23.7 Å². The molecule has 0 bridgehead atoms. The topological polar surface area (TPSA) is 95.6 Å². The molecular weight excluding hydrogens is 380 g/mol. The van der Waals surface area contributed by atoms with Crippen molar-refractivity contribution in [3.05, 3.63) is 70.4 Å². The van der Waals surface area contributed by atoms with Gasteiger partial charge in [0, 0.05) is 16.7 Å². The van der Waals surface area contributed by atoms with Crippen molar-refractivity contribution in [1.29, 1.82) is 0 Å². The maximum Gasteiger partial charge on any atom is 0.176 e. The molecule has 1 fully saturated rings. The van der Waals surface area contributed by atoms with E-state index < -0.39 is 6.10 Å². The number of nitrogens with zero attached hydrogens (tertiary/aromatic N) is 2. The van der Waals surface area contributed by atoms with E-state index in [2.05, 4.69) is 16.8 Å². The standard InChI is InChI=1S/C24H18N2O4/c27-18-10-5-15(6-11-18)2-1-14-3-7-16(8-4-14)24-25-19-12-9-17(13-20(19)26(24)30)21-22(28)23(21)29/h3-8,10-13,17,21-22,27-28,30H,9H2. The highest BCUT2D eigenvalue weighted by Crippen LogP contribution is 2.36. The number of phenols is 1. The molecule has 1 saturated carbocycles. The molecule has 3 aromatic rings. The van der Waals surface area contributed by atoms with E-state index in [1.165, 1.54) is 0 Å². The molecule has 0 spiro atoms. The zero-order valence-electron chi connectivity index (χ0n) is 15.9. The van der Waals surface area contributed by atoms with Gasteiger partial charge in [0.2, 0.25) is 0 Å². The molecule has 3 atom stereocenters. The van der Waals surface area contributed by atoms with Gasteiger partial charge in [-0.25, -0.2) is 4.98 Å². The average Bonchev–Trinajstić information content (AvgIpc) is 3.22. The highest BCUT2D eigenvalue weighted by atomic mass is 16.5. The quantitative estimate of drug-likeness (QED) is 0.443. The van der Waals surface area contributed by atoms with Gasteiger partial charge in [0.15, 0.2) is 11.6 Å². The molecule has 5 rings (SSSR count). The van der Waals surface area contributed by atoms with Crippen LogP contribution in [0.15, 0.2) is 48.5 Å². The van der Waals surface area contributed by atoms with Gasteiger partial charge in [-0.05, 0) is 60.9 Å². The summed E-state index contributed by atoms with van der Waals surface area (Å²) >= 11 is 0. The van der Waals surface area contributed by atoms with Crippen LogP contribution in [0.3, 0.4) is 0 Å². The van der Waals surface area contributed by atoms with Crippen LogP contribution >= 0.6 is 0 Å². The Hall–Kier alpha value is -3.82. The molecule has 0 amide bonds. The second kappa shape index (κ2) is 6.90. The fourth-order valence-corrected chi connectivity index (χ4v) is 3.79. The summed E-state index contributed by atoms with van der Waals surface area (Å²) in [6.07, 6.45) is 3.45. The van der Waals surface area contributed by atoms with E-state index in [0.717, 1.165) is 21.4 Å². The molecule has 0 aliphatic heterocycles. The molecule has 1 heterocycles.